The summed E-state index contributed by atoms with van der Waals surface area (Å²) in [6, 6.07) is 18.0. The molecule has 23 heavy (non-hydrogen) atoms. The molecule has 2 aromatic rings. The first-order valence-electron chi connectivity index (χ1n) is 8.67. The molecule has 3 nitrogen and oxygen atoms in total. The lowest BCUT2D eigenvalue weighted by Crippen LogP contribution is -2.51. The molecule has 0 spiro atoms. The smallest absolute Gasteiger partial charge is 0.142 e. The molecular weight excluding hydrogens is 284 g/mol. The lowest BCUT2D eigenvalue weighted by atomic mass is 10.0. The Morgan fingerprint density at radius 3 is 2.83 bits per heavy atom. The Bertz CT molecular complexity index is 656. The fraction of sp³-hybridized carbons (Fsp3) is 0.400. The second kappa shape index (κ2) is 6.63. The summed E-state index contributed by atoms with van der Waals surface area (Å²) in [4.78, 5) is 2.55. The predicted octanol–water partition coefficient (Wildman–Crippen LogP) is 3.03. The van der Waals surface area contributed by atoms with E-state index in [1.54, 1.807) is 0 Å². The standard InChI is InChI=1S/C20H24N2O/c1-2-4-16(5-3-1)6-7-17-8-9-20-19(14-17)22-12-11-21-15-18(22)10-13-23-20/h1-5,8-9,14,18,21H,6-7,10-13,15H2/t18-/m1/s1. The Morgan fingerprint density at radius 1 is 1.04 bits per heavy atom. The number of fused-ring (bicyclic) bond motifs is 3. The molecule has 0 amide bonds. The Hall–Kier alpha value is -2.00. The zero-order valence-electron chi connectivity index (χ0n) is 13.5. The molecule has 2 aliphatic rings. The van der Waals surface area contributed by atoms with Gasteiger partial charge in [0.15, 0.2) is 0 Å². The number of ether oxygens (including phenoxy) is 1. The molecule has 120 valence electrons. The van der Waals surface area contributed by atoms with Crippen molar-refractivity contribution in [3.63, 3.8) is 0 Å². The highest BCUT2D eigenvalue weighted by Gasteiger charge is 2.27. The zero-order valence-corrected chi connectivity index (χ0v) is 13.5. The van der Waals surface area contributed by atoms with Gasteiger partial charge in [-0.05, 0) is 36.1 Å². The molecule has 0 aromatic heterocycles. The summed E-state index contributed by atoms with van der Waals surface area (Å²) < 4.78 is 5.99. The second-order valence-electron chi connectivity index (χ2n) is 6.48. The number of nitrogens with one attached hydrogen (secondary N) is 1. The molecule has 2 aromatic carbocycles. The van der Waals surface area contributed by atoms with Crippen LogP contribution in [0.25, 0.3) is 0 Å². The normalized spacial score (nSPS) is 20.2. The number of nitrogens with zero attached hydrogens (tertiary/aromatic N) is 1. The lowest BCUT2D eigenvalue weighted by molar-refractivity contribution is 0.304. The SMILES string of the molecule is c1ccc(CCc2ccc3c(c2)N2CCNC[C@H]2CCO3)cc1. The number of piperazine rings is 1. The van der Waals surface area contributed by atoms with Crippen LogP contribution in [0.5, 0.6) is 5.75 Å². The van der Waals surface area contributed by atoms with Gasteiger partial charge in [0.2, 0.25) is 0 Å². The van der Waals surface area contributed by atoms with Gasteiger partial charge in [-0.3, -0.25) is 0 Å². The maximum Gasteiger partial charge on any atom is 0.142 e. The fourth-order valence-corrected chi connectivity index (χ4v) is 3.64. The maximum atomic E-state index is 5.99. The van der Waals surface area contributed by atoms with Crippen molar-refractivity contribution < 1.29 is 4.74 Å². The van der Waals surface area contributed by atoms with Crippen molar-refractivity contribution in [2.45, 2.75) is 25.3 Å². The summed E-state index contributed by atoms with van der Waals surface area (Å²) >= 11 is 0. The van der Waals surface area contributed by atoms with E-state index < -0.39 is 0 Å². The Balaban J connectivity index is 1.55. The number of anilines is 1. The molecule has 0 saturated carbocycles. The van der Waals surface area contributed by atoms with Gasteiger partial charge in [-0.1, -0.05) is 36.4 Å². The van der Waals surface area contributed by atoms with Gasteiger partial charge in [0, 0.05) is 32.1 Å². The topological polar surface area (TPSA) is 24.5 Å². The van der Waals surface area contributed by atoms with E-state index in [1.807, 2.05) is 0 Å². The summed E-state index contributed by atoms with van der Waals surface area (Å²) in [5.41, 5.74) is 4.09. The summed E-state index contributed by atoms with van der Waals surface area (Å²) in [5, 5.41) is 3.51. The fourth-order valence-electron chi connectivity index (χ4n) is 3.64. The van der Waals surface area contributed by atoms with Gasteiger partial charge in [0.25, 0.3) is 0 Å². The van der Waals surface area contributed by atoms with Crippen molar-refractivity contribution in [1.29, 1.82) is 0 Å². The van der Waals surface area contributed by atoms with E-state index in [2.05, 4.69) is 58.7 Å². The van der Waals surface area contributed by atoms with Crippen LogP contribution in [0.2, 0.25) is 0 Å². The quantitative estimate of drug-likeness (QED) is 0.943. The molecule has 2 heterocycles. The van der Waals surface area contributed by atoms with Gasteiger partial charge in [0.1, 0.15) is 5.75 Å². The van der Waals surface area contributed by atoms with Crippen LogP contribution >= 0.6 is 0 Å². The van der Waals surface area contributed by atoms with E-state index in [0.29, 0.717) is 6.04 Å². The summed E-state index contributed by atoms with van der Waals surface area (Å²) in [5.74, 6) is 1.05. The van der Waals surface area contributed by atoms with Crippen LogP contribution in [-0.4, -0.2) is 32.3 Å². The second-order valence-corrected chi connectivity index (χ2v) is 6.48. The van der Waals surface area contributed by atoms with E-state index in [-0.39, 0.29) is 0 Å². The third-order valence-corrected chi connectivity index (χ3v) is 4.94. The van der Waals surface area contributed by atoms with Gasteiger partial charge in [-0.25, -0.2) is 0 Å². The molecule has 1 N–H and O–H groups in total. The highest BCUT2D eigenvalue weighted by Crippen LogP contribution is 2.35. The van der Waals surface area contributed by atoms with Crippen molar-refractivity contribution in [1.82, 2.24) is 5.32 Å². The molecule has 4 rings (SSSR count). The maximum absolute atomic E-state index is 5.99. The number of hydrogen-bond donors (Lipinski definition) is 1. The third-order valence-electron chi connectivity index (χ3n) is 4.94. The zero-order chi connectivity index (χ0) is 15.5. The van der Waals surface area contributed by atoms with Crippen LogP contribution in [0, 0.1) is 0 Å². The molecule has 1 atom stereocenters. The average Bonchev–Trinajstić information content (AvgIpc) is 2.80. The first kappa shape index (κ1) is 14.6. The first-order valence-corrected chi connectivity index (χ1v) is 8.67. The number of rotatable bonds is 3. The molecule has 0 radical (unpaired) electrons. The number of benzene rings is 2. The summed E-state index contributed by atoms with van der Waals surface area (Å²) in [6.45, 7) is 4.02. The van der Waals surface area contributed by atoms with Crippen LogP contribution in [0.1, 0.15) is 17.5 Å². The van der Waals surface area contributed by atoms with Gasteiger partial charge in [0.05, 0.1) is 12.3 Å². The third kappa shape index (κ3) is 3.20. The van der Waals surface area contributed by atoms with E-state index in [1.165, 1.54) is 16.8 Å². The van der Waals surface area contributed by atoms with Crippen molar-refractivity contribution in [2.24, 2.45) is 0 Å². The van der Waals surface area contributed by atoms with Crippen LogP contribution in [0.4, 0.5) is 5.69 Å². The molecule has 0 unspecified atom stereocenters. The molecule has 1 saturated heterocycles. The van der Waals surface area contributed by atoms with Crippen molar-refractivity contribution >= 4 is 5.69 Å². The largest absolute Gasteiger partial charge is 0.491 e. The monoisotopic (exact) mass is 308 g/mol. The molecule has 2 aliphatic heterocycles. The van der Waals surface area contributed by atoms with Crippen molar-refractivity contribution in [3.05, 3.63) is 59.7 Å². The number of hydrogen-bond acceptors (Lipinski definition) is 3. The van der Waals surface area contributed by atoms with Crippen molar-refractivity contribution in [2.75, 3.05) is 31.1 Å². The Kier molecular flexibility index (Phi) is 4.20. The minimum atomic E-state index is 0.564. The van der Waals surface area contributed by atoms with Crippen LogP contribution in [0.15, 0.2) is 48.5 Å². The molecular formula is C20H24N2O. The highest BCUT2D eigenvalue weighted by molar-refractivity contribution is 5.62. The number of aryl methyl sites for hydroxylation is 2. The lowest BCUT2D eigenvalue weighted by Gasteiger charge is -2.36. The van der Waals surface area contributed by atoms with Gasteiger partial charge < -0.3 is 15.0 Å². The van der Waals surface area contributed by atoms with Crippen LogP contribution < -0.4 is 15.0 Å². The van der Waals surface area contributed by atoms with Crippen LogP contribution in [-0.2, 0) is 12.8 Å². The first-order chi connectivity index (χ1) is 11.4. The summed E-state index contributed by atoms with van der Waals surface area (Å²) in [6.07, 6.45) is 3.26. The summed E-state index contributed by atoms with van der Waals surface area (Å²) in [7, 11) is 0. The van der Waals surface area contributed by atoms with Gasteiger partial charge in [-0.2, -0.15) is 0 Å². The Morgan fingerprint density at radius 2 is 1.91 bits per heavy atom. The van der Waals surface area contributed by atoms with Crippen LogP contribution in [0.3, 0.4) is 0 Å². The predicted molar refractivity (Wildman–Crippen MR) is 94.4 cm³/mol. The highest BCUT2D eigenvalue weighted by atomic mass is 16.5. The van der Waals surface area contributed by atoms with Crippen molar-refractivity contribution in [3.8, 4) is 5.75 Å². The molecule has 0 bridgehead atoms. The van der Waals surface area contributed by atoms with E-state index in [9.17, 15) is 0 Å². The minimum absolute atomic E-state index is 0.564. The molecule has 1 fully saturated rings. The molecule has 3 heteroatoms. The minimum Gasteiger partial charge on any atom is -0.491 e. The Labute approximate surface area is 138 Å². The van der Waals surface area contributed by atoms with E-state index >= 15 is 0 Å². The van der Waals surface area contributed by atoms with Gasteiger partial charge >= 0.3 is 0 Å². The molecule has 0 aliphatic carbocycles. The van der Waals surface area contributed by atoms with E-state index in [4.69, 9.17) is 4.74 Å². The van der Waals surface area contributed by atoms with Gasteiger partial charge in [-0.15, -0.1) is 0 Å². The van der Waals surface area contributed by atoms with E-state index in [0.717, 1.165) is 51.3 Å². The average molecular weight is 308 g/mol.